The average Bonchev–Trinajstić information content (AvgIpc) is 3.22. The number of hydrogen-bond donors (Lipinski definition) is 1. The van der Waals surface area contributed by atoms with Gasteiger partial charge in [0, 0.05) is 22.0 Å². The minimum atomic E-state index is 0.144. The normalized spacial score (nSPS) is 20.7. The first-order valence-corrected chi connectivity index (χ1v) is 10.0. The van der Waals surface area contributed by atoms with E-state index in [0.717, 1.165) is 54.7 Å². The fraction of sp³-hybridized carbons (Fsp3) is 0.364. The fourth-order valence-electron chi connectivity index (χ4n) is 5.13. The Hall–Kier alpha value is -2.17. The van der Waals surface area contributed by atoms with E-state index in [1.807, 2.05) is 19.1 Å². The summed E-state index contributed by atoms with van der Waals surface area (Å²) in [6.45, 7) is 4.14. The van der Waals surface area contributed by atoms with E-state index in [9.17, 15) is 0 Å². The van der Waals surface area contributed by atoms with Crippen molar-refractivity contribution in [3.05, 3.63) is 76.3 Å². The molecule has 1 aromatic heterocycles. The van der Waals surface area contributed by atoms with Crippen LogP contribution in [0.25, 0.3) is 5.69 Å². The van der Waals surface area contributed by atoms with Crippen LogP contribution in [0.2, 0.25) is 5.02 Å². The van der Waals surface area contributed by atoms with Crippen LogP contribution in [0.5, 0.6) is 0 Å². The summed E-state index contributed by atoms with van der Waals surface area (Å²) in [6, 6.07) is 16.9. The molecule has 27 heavy (non-hydrogen) atoms. The second kappa shape index (κ2) is 6.47. The SMILES string of the molecule is Cc1nnc(C2Cc3ccccc3C23CCNCC3)n1-c1ccc(Cl)cc1. The lowest BCUT2D eigenvalue weighted by Crippen LogP contribution is -2.42. The molecule has 2 aliphatic rings. The summed E-state index contributed by atoms with van der Waals surface area (Å²) >= 11 is 6.11. The number of aryl methyl sites for hydroxylation is 1. The lowest BCUT2D eigenvalue weighted by Gasteiger charge is -2.40. The molecule has 1 atom stereocenters. The zero-order chi connectivity index (χ0) is 18.4. The van der Waals surface area contributed by atoms with Crippen molar-refractivity contribution in [2.75, 3.05) is 13.1 Å². The molecule has 5 rings (SSSR count). The number of aromatic nitrogens is 3. The van der Waals surface area contributed by atoms with Crippen molar-refractivity contribution < 1.29 is 0 Å². The third-order valence-corrected chi connectivity index (χ3v) is 6.64. The molecule has 1 aliphatic carbocycles. The minimum Gasteiger partial charge on any atom is -0.317 e. The zero-order valence-electron chi connectivity index (χ0n) is 15.5. The summed E-state index contributed by atoms with van der Waals surface area (Å²) in [5.74, 6) is 2.34. The van der Waals surface area contributed by atoms with Gasteiger partial charge in [0.05, 0.1) is 0 Å². The molecule has 5 heteroatoms. The molecule has 0 amide bonds. The molecule has 2 heterocycles. The monoisotopic (exact) mass is 378 g/mol. The topological polar surface area (TPSA) is 42.7 Å². The van der Waals surface area contributed by atoms with Crippen molar-refractivity contribution in [1.29, 1.82) is 0 Å². The summed E-state index contributed by atoms with van der Waals surface area (Å²) in [7, 11) is 0. The van der Waals surface area contributed by atoms with Gasteiger partial charge < -0.3 is 5.32 Å². The van der Waals surface area contributed by atoms with Gasteiger partial charge >= 0.3 is 0 Å². The van der Waals surface area contributed by atoms with Gasteiger partial charge in [0.2, 0.25) is 0 Å². The molecule has 138 valence electrons. The van der Waals surface area contributed by atoms with E-state index in [2.05, 4.69) is 56.5 Å². The van der Waals surface area contributed by atoms with Crippen LogP contribution in [-0.4, -0.2) is 27.9 Å². The van der Waals surface area contributed by atoms with Crippen molar-refractivity contribution in [2.24, 2.45) is 0 Å². The zero-order valence-corrected chi connectivity index (χ0v) is 16.2. The quantitative estimate of drug-likeness (QED) is 0.727. The number of benzene rings is 2. The average molecular weight is 379 g/mol. The number of nitrogens with zero attached hydrogens (tertiary/aromatic N) is 3. The highest BCUT2D eigenvalue weighted by Crippen LogP contribution is 2.53. The highest BCUT2D eigenvalue weighted by molar-refractivity contribution is 6.30. The van der Waals surface area contributed by atoms with Crippen molar-refractivity contribution in [3.63, 3.8) is 0 Å². The molecule has 1 aliphatic heterocycles. The number of nitrogens with one attached hydrogen (secondary N) is 1. The largest absolute Gasteiger partial charge is 0.317 e. The molecule has 1 N–H and O–H groups in total. The van der Waals surface area contributed by atoms with Crippen LogP contribution < -0.4 is 5.32 Å². The Balaban J connectivity index is 1.66. The highest BCUT2D eigenvalue weighted by atomic mass is 35.5. The molecule has 1 saturated heterocycles. The first-order valence-electron chi connectivity index (χ1n) is 9.66. The molecule has 1 spiro atoms. The fourth-order valence-corrected chi connectivity index (χ4v) is 5.26. The molecule has 4 nitrogen and oxygen atoms in total. The Morgan fingerprint density at radius 2 is 1.78 bits per heavy atom. The maximum atomic E-state index is 6.11. The summed E-state index contributed by atoms with van der Waals surface area (Å²) in [5.41, 5.74) is 4.20. The van der Waals surface area contributed by atoms with Crippen LogP contribution in [0.3, 0.4) is 0 Å². The first kappa shape index (κ1) is 17.0. The van der Waals surface area contributed by atoms with Gasteiger partial charge in [0.1, 0.15) is 11.6 Å². The van der Waals surface area contributed by atoms with E-state index in [0.29, 0.717) is 5.92 Å². The Kier molecular flexibility index (Phi) is 4.06. The summed E-state index contributed by atoms with van der Waals surface area (Å²) in [5, 5.41) is 13.4. The van der Waals surface area contributed by atoms with E-state index in [1.54, 1.807) is 0 Å². The van der Waals surface area contributed by atoms with Crippen molar-refractivity contribution >= 4 is 11.6 Å². The summed E-state index contributed by atoms with van der Waals surface area (Å²) < 4.78 is 2.22. The van der Waals surface area contributed by atoms with E-state index < -0.39 is 0 Å². The Bertz CT molecular complexity index is 970. The summed E-state index contributed by atoms with van der Waals surface area (Å²) in [4.78, 5) is 0. The molecule has 2 aromatic carbocycles. The minimum absolute atomic E-state index is 0.144. The lowest BCUT2D eigenvalue weighted by molar-refractivity contribution is 0.264. The van der Waals surface area contributed by atoms with Gasteiger partial charge in [0.25, 0.3) is 0 Å². The third-order valence-electron chi connectivity index (χ3n) is 6.39. The van der Waals surface area contributed by atoms with Gasteiger partial charge in [0.15, 0.2) is 0 Å². The molecular formula is C22H23ClN4. The Morgan fingerprint density at radius 1 is 1.04 bits per heavy atom. The molecule has 0 bridgehead atoms. The third kappa shape index (κ3) is 2.62. The van der Waals surface area contributed by atoms with Gasteiger partial charge in [-0.05, 0) is 74.7 Å². The highest BCUT2D eigenvalue weighted by Gasteiger charge is 2.49. The first-order chi connectivity index (χ1) is 13.2. The number of rotatable bonds is 2. The van der Waals surface area contributed by atoms with E-state index in [1.165, 1.54) is 11.1 Å². The van der Waals surface area contributed by atoms with Crippen molar-refractivity contribution in [3.8, 4) is 5.69 Å². The molecule has 0 saturated carbocycles. The molecule has 1 unspecified atom stereocenters. The molecular weight excluding hydrogens is 356 g/mol. The number of halogens is 1. The lowest BCUT2D eigenvalue weighted by atomic mass is 9.68. The van der Waals surface area contributed by atoms with Crippen LogP contribution in [0, 0.1) is 6.92 Å². The number of fused-ring (bicyclic) bond motifs is 2. The van der Waals surface area contributed by atoms with E-state index >= 15 is 0 Å². The van der Waals surface area contributed by atoms with Gasteiger partial charge in [-0.1, -0.05) is 35.9 Å². The molecule has 3 aromatic rings. The van der Waals surface area contributed by atoms with Crippen LogP contribution >= 0.6 is 11.6 Å². The smallest absolute Gasteiger partial charge is 0.141 e. The van der Waals surface area contributed by atoms with Gasteiger partial charge in [-0.2, -0.15) is 0 Å². The summed E-state index contributed by atoms with van der Waals surface area (Å²) in [6.07, 6.45) is 3.31. The van der Waals surface area contributed by atoms with E-state index in [-0.39, 0.29) is 5.41 Å². The number of piperidine rings is 1. The standard InChI is InChI=1S/C22H23ClN4/c1-15-25-26-21(27(15)18-8-6-17(23)7-9-18)20-14-16-4-2-3-5-19(16)22(20)10-12-24-13-11-22/h2-9,20,24H,10-14H2,1H3. The van der Waals surface area contributed by atoms with Gasteiger partial charge in [-0.15, -0.1) is 10.2 Å². The Morgan fingerprint density at radius 3 is 2.56 bits per heavy atom. The van der Waals surface area contributed by atoms with Crippen molar-refractivity contribution in [2.45, 2.75) is 37.5 Å². The molecule has 0 radical (unpaired) electrons. The predicted molar refractivity (Wildman–Crippen MR) is 108 cm³/mol. The maximum absolute atomic E-state index is 6.11. The second-order valence-electron chi connectivity index (χ2n) is 7.74. The van der Waals surface area contributed by atoms with Gasteiger partial charge in [-0.25, -0.2) is 0 Å². The Labute approximate surface area is 164 Å². The van der Waals surface area contributed by atoms with Crippen molar-refractivity contribution in [1.82, 2.24) is 20.1 Å². The van der Waals surface area contributed by atoms with E-state index in [4.69, 9.17) is 11.6 Å². The maximum Gasteiger partial charge on any atom is 0.141 e. The van der Waals surface area contributed by atoms with Crippen LogP contribution in [0.1, 0.15) is 41.5 Å². The van der Waals surface area contributed by atoms with Gasteiger partial charge in [-0.3, -0.25) is 4.57 Å². The molecule has 1 fully saturated rings. The van der Waals surface area contributed by atoms with Crippen LogP contribution in [0.4, 0.5) is 0 Å². The predicted octanol–water partition coefficient (Wildman–Crippen LogP) is 4.19. The second-order valence-corrected chi connectivity index (χ2v) is 8.17. The van der Waals surface area contributed by atoms with Crippen LogP contribution in [0.15, 0.2) is 48.5 Å². The number of hydrogen-bond acceptors (Lipinski definition) is 3. The van der Waals surface area contributed by atoms with Crippen LogP contribution in [-0.2, 0) is 11.8 Å².